The monoisotopic (exact) mass is 331 g/mol. The summed E-state index contributed by atoms with van der Waals surface area (Å²) in [6, 6.07) is 8.70. The van der Waals surface area contributed by atoms with Crippen LogP contribution in [0, 0.1) is 0 Å². The van der Waals surface area contributed by atoms with E-state index >= 15 is 0 Å². The SMILES string of the molecule is O=S(=O)(c1cccs1)N1CCSc2cc(Cl)ccc21. The Labute approximate surface area is 125 Å². The van der Waals surface area contributed by atoms with E-state index in [1.807, 2.05) is 6.07 Å². The molecule has 19 heavy (non-hydrogen) atoms. The maximum atomic E-state index is 12.6. The standard InChI is InChI=1S/C12H10ClNO2S3/c13-9-3-4-10-11(8-9)17-7-5-14(10)19(15,16)12-2-1-6-18-12/h1-4,6,8H,5,7H2. The first-order valence-corrected chi connectivity index (χ1v) is 9.26. The third-order valence-corrected chi connectivity index (χ3v) is 7.23. The van der Waals surface area contributed by atoms with Gasteiger partial charge in [-0.2, -0.15) is 0 Å². The van der Waals surface area contributed by atoms with Gasteiger partial charge in [-0.15, -0.1) is 23.1 Å². The number of sulfonamides is 1. The Balaban J connectivity index is 2.10. The van der Waals surface area contributed by atoms with Crippen LogP contribution in [0.25, 0.3) is 0 Å². The van der Waals surface area contributed by atoms with Crippen LogP contribution in [0.4, 0.5) is 5.69 Å². The molecule has 0 amide bonds. The third kappa shape index (κ3) is 2.38. The van der Waals surface area contributed by atoms with Crippen LogP contribution in [-0.4, -0.2) is 20.7 Å². The second-order valence-electron chi connectivity index (χ2n) is 3.97. The smallest absolute Gasteiger partial charge is 0.264 e. The summed E-state index contributed by atoms with van der Waals surface area (Å²) in [5.74, 6) is 0.734. The van der Waals surface area contributed by atoms with Crippen LogP contribution >= 0.6 is 34.7 Å². The first-order chi connectivity index (χ1) is 9.09. The Morgan fingerprint density at radius 3 is 2.84 bits per heavy atom. The van der Waals surface area contributed by atoms with Gasteiger partial charge in [0.1, 0.15) is 4.21 Å². The molecule has 2 aromatic rings. The van der Waals surface area contributed by atoms with Gasteiger partial charge in [0.15, 0.2) is 0 Å². The summed E-state index contributed by atoms with van der Waals surface area (Å²) < 4.78 is 27.0. The highest BCUT2D eigenvalue weighted by molar-refractivity contribution is 8.00. The van der Waals surface area contributed by atoms with Crippen molar-refractivity contribution in [1.82, 2.24) is 0 Å². The van der Waals surface area contributed by atoms with Gasteiger partial charge in [0.25, 0.3) is 10.0 Å². The Hall–Kier alpha value is -0.690. The van der Waals surface area contributed by atoms with Gasteiger partial charge in [0.2, 0.25) is 0 Å². The van der Waals surface area contributed by atoms with Crippen LogP contribution < -0.4 is 4.31 Å². The fourth-order valence-electron chi connectivity index (χ4n) is 1.94. The minimum Gasteiger partial charge on any atom is -0.264 e. The average molecular weight is 332 g/mol. The summed E-state index contributed by atoms with van der Waals surface area (Å²) in [6.45, 7) is 0.486. The minimum absolute atomic E-state index is 0.375. The Morgan fingerprint density at radius 1 is 1.26 bits per heavy atom. The van der Waals surface area contributed by atoms with Crippen molar-refractivity contribution in [2.24, 2.45) is 0 Å². The quantitative estimate of drug-likeness (QED) is 0.842. The van der Waals surface area contributed by atoms with Crippen LogP contribution in [-0.2, 0) is 10.0 Å². The molecule has 1 aromatic heterocycles. The van der Waals surface area contributed by atoms with Crippen LogP contribution in [0.1, 0.15) is 0 Å². The van der Waals surface area contributed by atoms with Crippen molar-refractivity contribution in [3.8, 4) is 0 Å². The maximum absolute atomic E-state index is 12.6. The highest BCUT2D eigenvalue weighted by atomic mass is 35.5. The van der Waals surface area contributed by atoms with Crippen molar-refractivity contribution in [1.29, 1.82) is 0 Å². The predicted octanol–water partition coefficient (Wildman–Crippen LogP) is 3.70. The minimum atomic E-state index is -3.45. The predicted molar refractivity (Wildman–Crippen MR) is 81.0 cm³/mol. The van der Waals surface area contributed by atoms with Crippen molar-refractivity contribution in [2.75, 3.05) is 16.6 Å². The van der Waals surface area contributed by atoms with Crippen molar-refractivity contribution in [2.45, 2.75) is 9.10 Å². The highest BCUT2D eigenvalue weighted by Crippen LogP contribution is 2.39. The molecule has 0 saturated heterocycles. The van der Waals surface area contributed by atoms with Gasteiger partial charge < -0.3 is 0 Å². The lowest BCUT2D eigenvalue weighted by molar-refractivity contribution is 0.593. The van der Waals surface area contributed by atoms with Gasteiger partial charge >= 0.3 is 0 Å². The van der Waals surface area contributed by atoms with E-state index in [0.717, 1.165) is 10.6 Å². The van der Waals surface area contributed by atoms with Gasteiger partial charge in [-0.1, -0.05) is 17.7 Å². The molecule has 1 aliphatic heterocycles. The lowest BCUT2D eigenvalue weighted by Gasteiger charge is -2.29. The Bertz CT molecular complexity index is 698. The number of halogens is 1. The second kappa shape index (κ2) is 5.01. The summed E-state index contributed by atoms with van der Waals surface area (Å²) >= 11 is 8.83. The molecule has 0 N–H and O–H groups in total. The molecule has 100 valence electrons. The molecule has 0 aliphatic carbocycles. The topological polar surface area (TPSA) is 37.4 Å². The molecule has 2 heterocycles. The van der Waals surface area contributed by atoms with E-state index < -0.39 is 10.0 Å². The molecule has 0 spiro atoms. The lowest BCUT2D eigenvalue weighted by Crippen LogP contribution is -2.35. The molecule has 1 aliphatic rings. The first kappa shape index (κ1) is 13.3. The van der Waals surface area contributed by atoms with Gasteiger partial charge in [-0.25, -0.2) is 8.42 Å². The number of thioether (sulfide) groups is 1. The molecule has 7 heteroatoms. The molecule has 3 nitrogen and oxygen atoms in total. The second-order valence-corrected chi connectivity index (χ2v) is 8.58. The number of hydrogen-bond acceptors (Lipinski definition) is 4. The first-order valence-electron chi connectivity index (χ1n) is 5.57. The number of thiophene rings is 1. The Morgan fingerprint density at radius 2 is 2.11 bits per heavy atom. The molecule has 0 atom stereocenters. The lowest BCUT2D eigenvalue weighted by atomic mass is 10.3. The van der Waals surface area contributed by atoms with E-state index in [0.29, 0.717) is 21.5 Å². The zero-order valence-electron chi connectivity index (χ0n) is 9.74. The largest absolute Gasteiger partial charge is 0.273 e. The van der Waals surface area contributed by atoms with E-state index in [4.69, 9.17) is 11.6 Å². The van der Waals surface area contributed by atoms with E-state index in [1.54, 1.807) is 41.4 Å². The number of nitrogens with zero attached hydrogens (tertiary/aromatic N) is 1. The normalized spacial score (nSPS) is 15.3. The van der Waals surface area contributed by atoms with E-state index in [-0.39, 0.29) is 0 Å². The average Bonchev–Trinajstić information content (AvgIpc) is 2.92. The molecule has 0 radical (unpaired) electrons. The molecule has 1 aromatic carbocycles. The van der Waals surface area contributed by atoms with Crippen LogP contribution in [0.5, 0.6) is 0 Å². The third-order valence-electron chi connectivity index (χ3n) is 2.78. The fourth-order valence-corrected chi connectivity index (χ4v) is 5.97. The molecule has 0 unspecified atom stereocenters. The van der Waals surface area contributed by atoms with Crippen molar-refractivity contribution in [3.63, 3.8) is 0 Å². The number of anilines is 1. The van der Waals surface area contributed by atoms with Crippen molar-refractivity contribution in [3.05, 3.63) is 40.7 Å². The summed E-state index contributed by atoms with van der Waals surface area (Å²) in [7, 11) is -3.45. The van der Waals surface area contributed by atoms with Crippen LogP contribution in [0.3, 0.4) is 0 Å². The van der Waals surface area contributed by atoms with Gasteiger partial charge in [0, 0.05) is 22.2 Å². The van der Waals surface area contributed by atoms with Crippen molar-refractivity contribution >= 4 is 50.4 Å². The number of fused-ring (bicyclic) bond motifs is 1. The van der Waals surface area contributed by atoms with E-state index in [9.17, 15) is 8.42 Å². The van der Waals surface area contributed by atoms with Gasteiger partial charge in [0.05, 0.1) is 5.69 Å². The summed E-state index contributed by atoms with van der Waals surface area (Å²) in [5.41, 5.74) is 0.717. The van der Waals surface area contributed by atoms with E-state index in [2.05, 4.69) is 0 Å². The van der Waals surface area contributed by atoms with Gasteiger partial charge in [-0.3, -0.25) is 4.31 Å². The number of hydrogen-bond donors (Lipinski definition) is 0. The van der Waals surface area contributed by atoms with Crippen molar-refractivity contribution < 1.29 is 8.42 Å². The highest BCUT2D eigenvalue weighted by Gasteiger charge is 2.30. The molecule has 3 rings (SSSR count). The molecular formula is C12H10ClNO2S3. The number of benzene rings is 1. The molecular weight excluding hydrogens is 322 g/mol. The zero-order chi connectivity index (χ0) is 13.5. The van der Waals surface area contributed by atoms with Crippen LogP contribution in [0.15, 0.2) is 44.8 Å². The maximum Gasteiger partial charge on any atom is 0.273 e. The zero-order valence-corrected chi connectivity index (χ0v) is 13.0. The summed E-state index contributed by atoms with van der Waals surface area (Å²) in [5, 5.41) is 2.40. The fraction of sp³-hybridized carbons (Fsp3) is 0.167. The van der Waals surface area contributed by atoms with Gasteiger partial charge in [-0.05, 0) is 29.6 Å². The Kier molecular flexibility index (Phi) is 3.51. The molecule has 0 saturated carbocycles. The van der Waals surface area contributed by atoms with E-state index in [1.165, 1.54) is 15.6 Å². The summed E-state index contributed by atoms with van der Waals surface area (Å²) in [6.07, 6.45) is 0. The molecule has 0 fully saturated rings. The van der Waals surface area contributed by atoms with Crippen LogP contribution in [0.2, 0.25) is 5.02 Å². The molecule has 0 bridgehead atoms. The number of rotatable bonds is 2. The summed E-state index contributed by atoms with van der Waals surface area (Å²) in [4.78, 5) is 0.916.